The van der Waals surface area contributed by atoms with Crippen molar-refractivity contribution < 1.29 is 17.9 Å². The quantitative estimate of drug-likeness (QED) is 0.576. The molecule has 2 aliphatic carbocycles. The van der Waals surface area contributed by atoms with Crippen molar-refractivity contribution >= 4 is 21.6 Å². The lowest BCUT2D eigenvalue weighted by Crippen LogP contribution is -2.29. The molecule has 0 unspecified atom stereocenters. The van der Waals surface area contributed by atoms with Gasteiger partial charge in [0.25, 0.3) is 5.91 Å². The van der Waals surface area contributed by atoms with Gasteiger partial charge >= 0.3 is 0 Å². The zero-order valence-electron chi connectivity index (χ0n) is 16.1. The molecule has 2 saturated carbocycles. The molecule has 0 spiro atoms. The van der Waals surface area contributed by atoms with Crippen LogP contribution in [0.15, 0.2) is 53.4 Å². The SMILES string of the molecule is O=C(NNc1ccc(S(=O)(=O)NC2CC2)cc1)c1ccc(OC2CCCC2)cc1. The molecule has 2 fully saturated rings. The van der Waals surface area contributed by atoms with E-state index < -0.39 is 10.0 Å². The first-order valence-corrected chi connectivity index (χ1v) is 11.4. The summed E-state index contributed by atoms with van der Waals surface area (Å²) in [7, 11) is -3.48. The van der Waals surface area contributed by atoms with Gasteiger partial charge in [-0.1, -0.05) is 0 Å². The lowest BCUT2D eigenvalue weighted by Gasteiger charge is -2.13. The number of benzene rings is 2. The number of hydrogen-bond donors (Lipinski definition) is 3. The molecule has 2 aromatic rings. The summed E-state index contributed by atoms with van der Waals surface area (Å²) in [5.41, 5.74) is 6.51. The van der Waals surface area contributed by atoms with Crippen molar-refractivity contribution in [1.82, 2.24) is 10.1 Å². The molecule has 3 N–H and O–H groups in total. The van der Waals surface area contributed by atoms with Gasteiger partial charge in [0.05, 0.1) is 16.7 Å². The molecule has 2 aromatic carbocycles. The molecule has 7 nitrogen and oxygen atoms in total. The van der Waals surface area contributed by atoms with Gasteiger partial charge in [0.2, 0.25) is 10.0 Å². The number of carbonyl (C=O) groups excluding carboxylic acids is 1. The van der Waals surface area contributed by atoms with E-state index in [1.165, 1.54) is 25.0 Å². The van der Waals surface area contributed by atoms with E-state index in [4.69, 9.17) is 4.74 Å². The van der Waals surface area contributed by atoms with Crippen LogP contribution in [0.5, 0.6) is 5.75 Å². The van der Waals surface area contributed by atoms with Gasteiger partial charge in [0.15, 0.2) is 0 Å². The van der Waals surface area contributed by atoms with Crippen molar-refractivity contribution in [2.45, 2.75) is 55.6 Å². The van der Waals surface area contributed by atoms with E-state index in [9.17, 15) is 13.2 Å². The van der Waals surface area contributed by atoms with Crippen LogP contribution in [-0.2, 0) is 10.0 Å². The molecule has 2 aliphatic rings. The maximum atomic E-state index is 12.3. The van der Waals surface area contributed by atoms with Crippen molar-refractivity contribution in [3.05, 3.63) is 54.1 Å². The second-order valence-corrected chi connectivity index (χ2v) is 9.26. The minimum atomic E-state index is -3.48. The van der Waals surface area contributed by atoms with E-state index >= 15 is 0 Å². The summed E-state index contributed by atoms with van der Waals surface area (Å²) in [5.74, 6) is 0.488. The first-order valence-electron chi connectivity index (χ1n) is 9.95. The van der Waals surface area contributed by atoms with Gasteiger partial charge in [-0.25, -0.2) is 13.1 Å². The number of amides is 1. The highest BCUT2D eigenvalue weighted by molar-refractivity contribution is 7.89. The Labute approximate surface area is 170 Å². The Hall–Kier alpha value is -2.58. The van der Waals surface area contributed by atoms with Gasteiger partial charge in [-0.3, -0.25) is 15.6 Å². The standard InChI is InChI=1S/C21H25N3O4S/c25-21(15-5-11-19(12-6-15)28-18-3-1-2-4-18)23-22-16-9-13-20(14-10-16)29(26,27)24-17-7-8-17/h5-6,9-14,17-18,22,24H,1-4,7-8H2,(H,23,25). The largest absolute Gasteiger partial charge is 0.490 e. The molecule has 29 heavy (non-hydrogen) atoms. The fourth-order valence-electron chi connectivity index (χ4n) is 3.29. The Morgan fingerprint density at radius 2 is 1.55 bits per heavy atom. The summed E-state index contributed by atoms with van der Waals surface area (Å²) in [4.78, 5) is 12.5. The van der Waals surface area contributed by atoms with Crippen LogP contribution in [0.1, 0.15) is 48.9 Å². The van der Waals surface area contributed by atoms with Gasteiger partial charge in [0.1, 0.15) is 5.75 Å². The lowest BCUT2D eigenvalue weighted by atomic mass is 10.2. The van der Waals surface area contributed by atoms with Gasteiger partial charge in [-0.15, -0.1) is 0 Å². The Kier molecular flexibility index (Phi) is 5.73. The molecule has 0 atom stereocenters. The molecular formula is C21H25N3O4S. The number of carbonyl (C=O) groups is 1. The zero-order chi connectivity index (χ0) is 20.3. The minimum absolute atomic E-state index is 0.0621. The van der Waals surface area contributed by atoms with Crippen LogP contribution in [0.25, 0.3) is 0 Å². The number of rotatable bonds is 8. The summed E-state index contributed by atoms with van der Waals surface area (Å²) in [6.07, 6.45) is 6.65. The van der Waals surface area contributed by atoms with Crippen molar-refractivity contribution in [2.24, 2.45) is 0 Å². The predicted molar refractivity (Wildman–Crippen MR) is 110 cm³/mol. The predicted octanol–water partition coefficient (Wildman–Crippen LogP) is 3.21. The van der Waals surface area contributed by atoms with Crippen LogP contribution in [0, 0.1) is 0 Å². The highest BCUT2D eigenvalue weighted by Gasteiger charge is 2.27. The van der Waals surface area contributed by atoms with Crippen LogP contribution in [0.3, 0.4) is 0 Å². The van der Waals surface area contributed by atoms with Crippen molar-refractivity contribution in [2.75, 3.05) is 5.43 Å². The number of hydrazine groups is 1. The molecule has 0 aromatic heterocycles. The molecule has 8 heteroatoms. The molecule has 0 aliphatic heterocycles. The second-order valence-electron chi connectivity index (χ2n) is 7.55. The van der Waals surface area contributed by atoms with Crippen LogP contribution in [0.2, 0.25) is 0 Å². The van der Waals surface area contributed by atoms with Gasteiger partial charge < -0.3 is 4.74 Å². The Morgan fingerprint density at radius 3 is 2.17 bits per heavy atom. The first kappa shape index (κ1) is 19.7. The first-order chi connectivity index (χ1) is 14.0. The molecular weight excluding hydrogens is 390 g/mol. The van der Waals surface area contributed by atoms with Crippen LogP contribution < -0.4 is 20.3 Å². The Morgan fingerprint density at radius 1 is 0.897 bits per heavy atom. The monoisotopic (exact) mass is 415 g/mol. The summed E-state index contributed by atoms with van der Waals surface area (Å²) in [6, 6.07) is 13.4. The van der Waals surface area contributed by atoms with E-state index in [1.54, 1.807) is 36.4 Å². The average Bonchev–Trinajstić information content (AvgIpc) is 3.37. The zero-order valence-corrected chi connectivity index (χ0v) is 16.9. The summed E-state index contributed by atoms with van der Waals surface area (Å²) in [6.45, 7) is 0. The highest BCUT2D eigenvalue weighted by atomic mass is 32.2. The summed E-state index contributed by atoms with van der Waals surface area (Å²) < 4.78 is 32.9. The van der Waals surface area contributed by atoms with E-state index in [0.717, 1.165) is 31.4 Å². The molecule has 4 rings (SSSR count). The maximum absolute atomic E-state index is 12.3. The van der Waals surface area contributed by atoms with Crippen LogP contribution in [-0.4, -0.2) is 26.5 Å². The molecule has 0 saturated heterocycles. The fraction of sp³-hybridized carbons (Fsp3) is 0.381. The third-order valence-corrected chi connectivity index (χ3v) is 6.64. The third-order valence-electron chi connectivity index (χ3n) is 5.11. The summed E-state index contributed by atoms with van der Waals surface area (Å²) in [5, 5.41) is 0. The van der Waals surface area contributed by atoms with E-state index in [-0.39, 0.29) is 22.9 Å². The van der Waals surface area contributed by atoms with Gasteiger partial charge in [-0.2, -0.15) is 0 Å². The number of nitrogens with one attached hydrogen (secondary N) is 3. The number of ether oxygens (including phenoxy) is 1. The lowest BCUT2D eigenvalue weighted by molar-refractivity contribution is 0.0962. The normalized spacial score (nSPS) is 17.1. The maximum Gasteiger partial charge on any atom is 0.269 e. The topological polar surface area (TPSA) is 96.5 Å². The highest BCUT2D eigenvalue weighted by Crippen LogP contribution is 2.24. The Balaban J connectivity index is 1.29. The van der Waals surface area contributed by atoms with Gasteiger partial charge in [-0.05, 0) is 87.1 Å². The van der Waals surface area contributed by atoms with Crippen molar-refractivity contribution in [1.29, 1.82) is 0 Å². The Bertz CT molecular complexity index is 948. The number of anilines is 1. The van der Waals surface area contributed by atoms with Crippen molar-refractivity contribution in [3.8, 4) is 5.75 Å². The summed E-state index contributed by atoms with van der Waals surface area (Å²) >= 11 is 0. The third kappa shape index (κ3) is 5.27. The fourth-order valence-corrected chi connectivity index (χ4v) is 4.60. The molecule has 1 amide bonds. The minimum Gasteiger partial charge on any atom is -0.490 e. The molecule has 0 bridgehead atoms. The van der Waals surface area contributed by atoms with Crippen molar-refractivity contribution in [3.63, 3.8) is 0 Å². The number of hydrogen-bond acceptors (Lipinski definition) is 5. The van der Waals surface area contributed by atoms with E-state index in [0.29, 0.717) is 11.3 Å². The molecule has 0 heterocycles. The average molecular weight is 416 g/mol. The van der Waals surface area contributed by atoms with Crippen LogP contribution in [0.4, 0.5) is 5.69 Å². The van der Waals surface area contributed by atoms with E-state index in [2.05, 4.69) is 15.6 Å². The molecule has 154 valence electrons. The smallest absolute Gasteiger partial charge is 0.269 e. The second kappa shape index (κ2) is 8.42. The van der Waals surface area contributed by atoms with E-state index in [1.807, 2.05) is 0 Å². The van der Waals surface area contributed by atoms with Crippen LogP contribution >= 0.6 is 0 Å². The molecule has 0 radical (unpaired) electrons. The van der Waals surface area contributed by atoms with Gasteiger partial charge in [0, 0.05) is 11.6 Å². The number of sulfonamides is 1.